The van der Waals surface area contributed by atoms with Gasteiger partial charge in [-0.05, 0) is 67.6 Å². The Kier molecular flexibility index (Phi) is 7.87. The molecule has 1 fully saturated rings. The number of likely N-dealkylation sites (N-methyl/N-ethyl adjacent to an activating group) is 1. The Bertz CT molecular complexity index is 1700. The summed E-state index contributed by atoms with van der Waals surface area (Å²) in [5.74, 6) is 1.49. The summed E-state index contributed by atoms with van der Waals surface area (Å²) in [6.07, 6.45) is 6.60. The Hall–Kier alpha value is -5.64. The Morgan fingerprint density at radius 3 is 2.33 bits per heavy atom. The number of nitrogens with two attached hydrogens (primary N) is 1. The standard InChI is InChI=1S/C32H31N7O3/c1-22(33)30-31(34-2)39(32(41)38(30)24-14-16-28(17-15-24)42-27-11-6-5-7-12-27)26-10-8-9-25(19-26)37(4)29(40)18-13-23-20-36(3)21-35-23/h5-21H,33H2,1-4H3/b18-13+,30-22-,34-31+. The molecule has 3 amide bonds. The van der Waals surface area contributed by atoms with E-state index in [-0.39, 0.29) is 11.9 Å². The minimum atomic E-state index is -0.353. The first-order valence-electron chi connectivity index (χ1n) is 13.2. The molecule has 10 nitrogen and oxygen atoms in total. The summed E-state index contributed by atoms with van der Waals surface area (Å²) in [5.41, 5.74) is 9.64. The summed E-state index contributed by atoms with van der Waals surface area (Å²) >= 11 is 0. The van der Waals surface area contributed by atoms with Gasteiger partial charge >= 0.3 is 6.03 Å². The van der Waals surface area contributed by atoms with Crippen molar-refractivity contribution in [3.8, 4) is 11.5 Å². The van der Waals surface area contributed by atoms with Crippen LogP contribution in [0.2, 0.25) is 0 Å². The van der Waals surface area contributed by atoms with Crippen LogP contribution in [0.4, 0.5) is 21.9 Å². The number of amides is 3. The second-order valence-electron chi connectivity index (χ2n) is 9.66. The summed E-state index contributed by atoms with van der Waals surface area (Å²) in [5, 5.41) is 0. The fourth-order valence-corrected chi connectivity index (χ4v) is 4.57. The van der Waals surface area contributed by atoms with Crippen molar-refractivity contribution in [1.29, 1.82) is 0 Å². The highest BCUT2D eigenvalue weighted by molar-refractivity contribution is 6.36. The summed E-state index contributed by atoms with van der Waals surface area (Å²) in [4.78, 5) is 40.1. The van der Waals surface area contributed by atoms with Gasteiger partial charge < -0.3 is 19.9 Å². The first kappa shape index (κ1) is 27.9. The van der Waals surface area contributed by atoms with Crippen LogP contribution < -0.4 is 25.2 Å². The van der Waals surface area contributed by atoms with E-state index in [0.717, 1.165) is 0 Å². The van der Waals surface area contributed by atoms with E-state index in [1.165, 1.54) is 20.8 Å². The zero-order valence-electron chi connectivity index (χ0n) is 23.8. The maximum atomic E-state index is 14.0. The Balaban J connectivity index is 1.42. The van der Waals surface area contributed by atoms with Gasteiger partial charge in [-0.25, -0.2) is 14.7 Å². The van der Waals surface area contributed by atoms with Crippen LogP contribution >= 0.6 is 0 Å². The van der Waals surface area contributed by atoms with E-state index in [4.69, 9.17) is 10.5 Å². The predicted molar refractivity (Wildman–Crippen MR) is 166 cm³/mol. The fraction of sp³-hybridized carbons (Fsp3) is 0.125. The number of para-hydroxylation sites is 1. The van der Waals surface area contributed by atoms with Crippen molar-refractivity contribution in [1.82, 2.24) is 9.55 Å². The van der Waals surface area contributed by atoms with E-state index in [1.54, 1.807) is 86.5 Å². The lowest BCUT2D eigenvalue weighted by atomic mass is 10.2. The molecule has 0 saturated carbocycles. The highest BCUT2D eigenvalue weighted by Crippen LogP contribution is 2.36. The van der Waals surface area contributed by atoms with Crippen molar-refractivity contribution in [2.45, 2.75) is 6.92 Å². The number of benzene rings is 3. The molecule has 3 aromatic carbocycles. The lowest BCUT2D eigenvalue weighted by Crippen LogP contribution is -2.33. The second-order valence-corrected chi connectivity index (χ2v) is 9.66. The SMILES string of the molecule is C/N=C1\C(=C(/C)N)N(c2ccc(Oc3ccccc3)cc2)C(=O)N1c1cccc(N(C)C(=O)/C=C/c2cn(C)cn2)c1. The fourth-order valence-electron chi connectivity index (χ4n) is 4.57. The van der Waals surface area contributed by atoms with Gasteiger partial charge in [0.1, 0.15) is 17.2 Å². The van der Waals surface area contributed by atoms with E-state index < -0.39 is 0 Å². The monoisotopic (exact) mass is 561 g/mol. The molecule has 1 aromatic heterocycles. The predicted octanol–water partition coefficient (Wildman–Crippen LogP) is 5.55. The van der Waals surface area contributed by atoms with Gasteiger partial charge in [-0.3, -0.25) is 14.7 Å². The van der Waals surface area contributed by atoms with Crippen LogP contribution in [0.15, 0.2) is 114 Å². The van der Waals surface area contributed by atoms with E-state index >= 15 is 0 Å². The van der Waals surface area contributed by atoms with Crippen molar-refractivity contribution in [3.05, 3.63) is 115 Å². The number of amidine groups is 1. The maximum absolute atomic E-state index is 14.0. The number of aryl methyl sites for hydroxylation is 1. The number of aliphatic imine (C=N–C) groups is 1. The van der Waals surface area contributed by atoms with Gasteiger partial charge in [-0.1, -0.05) is 24.3 Å². The van der Waals surface area contributed by atoms with Crippen molar-refractivity contribution in [2.24, 2.45) is 17.8 Å². The molecule has 212 valence electrons. The summed E-state index contributed by atoms with van der Waals surface area (Å²) < 4.78 is 7.72. The molecule has 1 aliphatic rings. The summed E-state index contributed by atoms with van der Waals surface area (Å²) in [6.45, 7) is 1.73. The van der Waals surface area contributed by atoms with Gasteiger partial charge in [-0.2, -0.15) is 0 Å². The normalized spacial score (nSPS) is 15.5. The van der Waals surface area contributed by atoms with Gasteiger partial charge in [-0.15, -0.1) is 0 Å². The number of allylic oxidation sites excluding steroid dienone is 1. The van der Waals surface area contributed by atoms with Crippen LogP contribution in [0, 0.1) is 0 Å². The van der Waals surface area contributed by atoms with Crippen molar-refractivity contribution in [3.63, 3.8) is 0 Å². The number of aromatic nitrogens is 2. The zero-order chi connectivity index (χ0) is 29.8. The molecule has 5 rings (SSSR count). The Morgan fingerprint density at radius 2 is 1.69 bits per heavy atom. The van der Waals surface area contributed by atoms with Gasteiger partial charge in [0.25, 0.3) is 5.91 Å². The Labute approximate surface area is 244 Å². The molecule has 4 aromatic rings. The zero-order valence-corrected chi connectivity index (χ0v) is 23.8. The first-order valence-corrected chi connectivity index (χ1v) is 13.2. The quantitative estimate of drug-likeness (QED) is 0.298. The number of imidazole rings is 1. The largest absolute Gasteiger partial charge is 0.457 e. The lowest BCUT2D eigenvalue weighted by Gasteiger charge is -2.21. The molecule has 0 unspecified atom stereocenters. The molecule has 42 heavy (non-hydrogen) atoms. The van der Waals surface area contributed by atoms with Gasteiger partial charge in [0.05, 0.1) is 23.4 Å². The minimum Gasteiger partial charge on any atom is -0.457 e. The molecule has 0 bridgehead atoms. The number of nitrogens with zero attached hydrogens (tertiary/aromatic N) is 6. The Morgan fingerprint density at radius 1 is 0.976 bits per heavy atom. The first-order chi connectivity index (χ1) is 20.3. The van der Waals surface area contributed by atoms with Gasteiger partial charge in [0.2, 0.25) is 0 Å². The van der Waals surface area contributed by atoms with E-state index in [2.05, 4.69) is 9.98 Å². The van der Waals surface area contributed by atoms with Crippen LogP contribution in [0.5, 0.6) is 11.5 Å². The third kappa shape index (κ3) is 5.64. The van der Waals surface area contributed by atoms with E-state index in [1.807, 2.05) is 43.6 Å². The number of ether oxygens (including phenoxy) is 1. The second kappa shape index (κ2) is 11.8. The molecule has 0 atom stereocenters. The number of urea groups is 1. The maximum Gasteiger partial charge on any atom is 0.339 e. The molecule has 0 radical (unpaired) electrons. The van der Waals surface area contributed by atoms with Crippen molar-refractivity contribution in [2.75, 3.05) is 28.8 Å². The van der Waals surface area contributed by atoms with Crippen molar-refractivity contribution >= 4 is 40.9 Å². The van der Waals surface area contributed by atoms with E-state index in [9.17, 15) is 9.59 Å². The number of carbonyl (C=O) groups is 2. The average Bonchev–Trinajstić information content (AvgIpc) is 3.56. The van der Waals surface area contributed by atoms with Crippen LogP contribution in [0.1, 0.15) is 12.6 Å². The minimum absolute atomic E-state index is 0.243. The molecular weight excluding hydrogens is 530 g/mol. The highest BCUT2D eigenvalue weighted by atomic mass is 16.5. The van der Waals surface area contributed by atoms with Crippen LogP contribution in [0.3, 0.4) is 0 Å². The number of hydrogen-bond acceptors (Lipinski definition) is 6. The molecule has 0 spiro atoms. The number of carbonyl (C=O) groups excluding carboxylic acids is 2. The van der Waals surface area contributed by atoms with Crippen LogP contribution in [-0.4, -0.2) is 41.4 Å². The van der Waals surface area contributed by atoms with Gasteiger partial charge in [0.15, 0.2) is 5.84 Å². The number of hydrogen-bond donors (Lipinski definition) is 1. The summed E-state index contributed by atoms with van der Waals surface area (Å²) in [7, 11) is 5.15. The topological polar surface area (TPSA) is 109 Å². The molecule has 0 aliphatic carbocycles. The number of rotatable bonds is 7. The van der Waals surface area contributed by atoms with Crippen LogP contribution in [-0.2, 0) is 11.8 Å². The highest BCUT2D eigenvalue weighted by Gasteiger charge is 2.42. The lowest BCUT2D eigenvalue weighted by molar-refractivity contribution is -0.113. The summed E-state index contributed by atoms with van der Waals surface area (Å²) in [6, 6.07) is 23.4. The molecular formula is C32H31N7O3. The number of anilines is 3. The van der Waals surface area contributed by atoms with Crippen LogP contribution in [0.25, 0.3) is 6.08 Å². The molecule has 2 heterocycles. The third-order valence-electron chi connectivity index (χ3n) is 6.62. The van der Waals surface area contributed by atoms with E-state index in [0.29, 0.717) is 51.5 Å². The molecule has 1 saturated heterocycles. The van der Waals surface area contributed by atoms with Crippen molar-refractivity contribution < 1.29 is 14.3 Å². The average molecular weight is 562 g/mol. The smallest absolute Gasteiger partial charge is 0.339 e. The third-order valence-corrected chi connectivity index (χ3v) is 6.62. The molecule has 1 aliphatic heterocycles. The molecule has 2 N–H and O–H groups in total. The van der Waals surface area contributed by atoms with Gasteiger partial charge in [0, 0.05) is 44.8 Å². The molecule has 10 heteroatoms.